The summed E-state index contributed by atoms with van der Waals surface area (Å²) in [5, 5.41) is 11.2. The Morgan fingerprint density at radius 2 is 1.66 bits per heavy atom. The van der Waals surface area contributed by atoms with Gasteiger partial charge in [0, 0.05) is 12.2 Å². The maximum atomic E-state index is 11.2. The van der Waals surface area contributed by atoms with Gasteiger partial charge >= 0.3 is 0 Å². The van der Waals surface area contributed by atoms with E-state index in [9.17, 15) is 5.11 Å². The molecule has 2 aromatic rings. The molecule has 0 amide bonds. The van der Waals surface area contributed by atoms with Crippen molar-refractivity contribution in [2.75, 3.05) is 19.8 Å². The van der Waals surface area contributed by atoms with Crippen LogP contribution in [0.2, 0.25) is 0 Å². The first-order valence-corrected chi connectivity index (χ1v) is 11.4. The topological polar surface area (TPSA) is 92.4 Å². The molecule has 0 spiro atoms. The first-order chi connectivity index (χ1) is 15.8. The summed E-state index contributed by atoms with van der Waals surface area (Å²) < 4.78 is 30.3. The van der Waals surface area contributed by atoms with Crippen LogP contribution in [0, 0.1) is 0 Å². The Balaban J connectivity index is 1.43. The molecule has 0 saturated carbocycles. The van der Waals surface area contributed by atoms with E-state index in [1.165, 1.54) is 0 Å². The van der Waals surface area contributed by atoms with E-state index in [0.29, 0.717) is 26.4 Å². The molecule has 174 valence electrons. The maximum absolute atomic E-state index is 11.2. The van der Waals surface area contributed by atoms with Crippen molar-refractivity contribution < 1.29 is 28.8 Å². The van der Waals surface area contributed by atoms with Crippen LogP contribution >= 0.6 is 0 Å². The van der Waals surface area contributed by atoms with Gasteiger partial charge in [-0.2, -0.15) is 0 Å². The summed E-state index contributed by atoms with van der Waals surface area (Å²) in [7, 11) is 0. The Labute approximate surface area is 189 Å². The fraction of sp³-hybridized carbons (Fsp3) is 0.520. The predicted molar refractivity (Wildman–Crippen MR) is 119 cm³/mol. The Hall–Kier alpha value is -1.84. The lowest BCUT2D eigenvalue weighted by Crippen LogP contribution is -2.62. The maximum Gasteiger partial charge on any atom is 0.186 e. The molecule has 2 fully saturated rings. The van der Waals surface area contributed by atoms with Crippen molar-refractivity contribution in [1.29, 1.82) is 0 Å². The minimum atomic E-state index is -0.915. The van der Waals surface area contributed by atoms with Crippen molar-refractivity contribution in [2.24, 2.45) is 5.73 Å². The van der Waals surface area contributed by atoms with E-state index >= 15 is 0 Å². The van der Waals surface area contributed by atoms with Crippen LogP contribution in [0.1, 0.15) is 36.7 Å². The van der Waals surface area contributed by atoms with Gasteiger partial charge in [0.15, 0.2) is 12.6 Å². The summed E-state index contributed by atoms with van der Waals surface area (Å²) in [4.78, 5) is 0. The summed E-state index contributed by atoms with van der Waals surface area (Å²) in [6.07, 6.45) is -1.05. The van der Waals surface area contributed by atoms with Crippen molar-refractivity contribution >= 4 is 0 Å². The van der Waals surface area contributed by atoms with E-state index in [0.717, 1.165) is 30.4 Å². The third-order valence-corrected chi connectivity index (χ3v) is 5.80. The molecule has 2 heterocycles. The summed E-state index contributed by atoms with van der Waals surface area (Å²) in [6, 6.07) is 19.5. The largest absolute Gasteiger partial charge is 0.387 e. The number of aliphatic hydroxyl groups is 1. The van der Waals surface area contributed by atoms with E-state index < -0.39 is 37.0 Å². The monoisotopic (exact) mass is 443 g/mol. The molecule has 0 aliphatic carbocycles. The van der Waals surface area contributed by atoms with Crippen molar-refractivity contribution in [3.05, 3.63) is 71.8 Å². The smallest absolute Gasteiger partial charge is 0.186 e. The zero-order valence-electron chi connectivity index (χ0n) is 18.3. The molecule has 6 unspecified atom stereocenters. The molecular formula is C25H33NO6. The van der Waals surface area contributed by atoms with E-state index in [2.05, 4.69) is 0 Å². The van der Waals surface area contributed by atoms with Crippen molar-refractivity contribution in [3.8, 4) is 0 Å². The first kappa shape index (κ1) is 23.3. The molecule has 7 nitrogen and oxygen atoms in total. The first-order valence-electron chi connectivity index (χ1n) is 11.4. The molecule has 2 saturated heterocycles. The Bertz CT molecular complexity index is 792. The molecule has 4 rings (SSSR count). The summed E-state index contributed by atoms with van der Waals surface area (Å²) in [6.45, 7) is 1.82. The molecule has 3 N–H and O–H groups in total. The fourth-order valence-corrected chi connectivity index (χ4v) is 4.05. The van der Waals surface area contributed by atoms with E-state index in [1.807, 2.05) is 60.7 Å². The molecule has 0 bridgehead atoms. The third kappa shape index (κ3) is 5.94. The highest BCUT2D eigenvalue weighted by Crippen LogP contribution is 2.35. The van der Waals surface area contributed by atoms with Crippen LogP contribution in [0.4, 0.5) is 0 Å². The molecule has 7 heteroatoms. The number of benzene rings is 2. The van der Waals surface area contributed by atoms with Gasteiger partial charge in [-0.1, -0.05) is 60.7 Å². The number of ether oxygens (including phenoxy) is 5. The standard InChI is InChI=1S/C25H33NO6/c26-14-8-3-9-15-28-25-23(29-16-18-10-4-1-5-11-18)21(27)22-20(31-25)17-30-24(32-22)19-12-6-2-7-13-19/h1-2,4-7,10-13,20-25,27H,3,8-9,14-17,26H2. The summed E-state index contributed by atoms with van der Waals surface area (Å²) in [5.41, 5.74) is 7.48. The zero-order valence-corrected chi connectivity index (χ0v) is 18.3. The van der Waals surface area contributed by atoms with Crippen LogP contribution < -0.4 is 5.73 Å². The number of nitrogens with two attached hydrogens (primary N) is 1. The van der Waals surface area contributed by atoms with Crippen molar-refractivity contribution in [3.63, 3.8) is 0 Å². The normalized spacial score (nSPS) is 30.1. The lowest BCUT2D eigenvalue weighted by Gasteiger charge is -2.47. The van der Waals surface area contributed by atoms with Gasteiger partial charge in [-0.15, -0.1) is 0 Å². The van der Waals surface area contributed by atoms with E-state index in [1.54, 1.807) is 0 Å². The number of aliphatic hydroxyl groups excluding tert-OH is 1. The van der Waals surface area contributed by atoms with Crippen molar-refractivity contribution in [1.82, 2.24) is 0 Å². The number of fused-ring (bicyclic) bond motifs is 1. The molecule has 6 atom stereocenters. The third-order valence-electron chi connectivity index (χ3n) is 5.80. The second-order valence-corrected chi connectivity index (χ2v) is 8.19. The van der Waals surface area contributed by atoms with Gasteiger partial charge in [0.2, 0.25) is 0 Å². The van der Waals surface area contributed by atoms with Crippen LogP contribution in [-0.2, 0) is 30.3 Å². The van der Waals surface area contributed by atoms with Crippen LogP contribution in [0.3, 0.4) is 0 Å². The second kappa shape index (κ2) is 11.9. The molecular weight excluding hydrogens is 410 g/mol. The van der Waals surface area contributed by atoms with E-state index in [4.69, 9.17) is 29.4 Å². The predicted octanol–water partition coefficient (Wildman–Crippen LogP) is 2.92. The highest BCUT2D eigenvalue weighted by atomic mass is 16.8. The van der Waals surface area contributed by atoms with Crippen LogP contribution in [0.25, 0.3) is 0 Å². The Morgan fingerprint density at radius 3 is 2.41 bits per heavy atom. The molecule has 32 heavy (non-hydrogen) atoms. The molecule has 0 radical (unpaired) electrons. The van der Waals surface area contributed by atoms with Gasteiger partial charge in [-0.05, 0) is 31.4 Å². The highest BCUT2D eigenvalue weighted by Gasteiger charge is 2.50. The van der Waals surface area contributed by atoms with Gasteiger partial charge in [0.05, 0.1) is 13.2 Å². The number of hydrogen-bond donors (Lipinski definition) is 2. The average molecular weight is 444 g/mol. The van der Waals surface area contributed by atoms with Gasteiger partial charge in [0.25, 0.3) is 0 Å². The second-order valence-electron chi connectivity index (χ2n) is 8.19. The fourth-order valence-electron chi connectivity index (χ4n) is 4.05. The minimum Gasteiger partial charge on any atom is -0.387 e. The lowest BCUT2D eigenvalue weighted by atomic mass is 9.97. The van der Waals surface area contributed by atoms with Crippen molar-refractivity contribution in [2.45, 2.75) is 62.9 Å². The lowest BCUT2D eigenvalue weighted by molar-refractivity contribution is -0.367. The Morgan fingerprint density at radius 1 is 0.906 bits per heavy atom. The van der Waals surface area contributed by atoms with Crippen LogP contribution in [0.15, 0.2) is 60.7 Å². The van der Waals surface area contributed by atoms with Gasteiger partial charge in [0.1, 0.15) is 24.4 Å². The molecule has 0 aromatic heterocycles. The number of rotatable bonds is 10. The zero-order chi connectivity index (χ0) is 22.2. The number of hydrogen-bond acceptors (Lipinski definition) is 7. The molecule has 2 aliphatic rings. The molecule has 2 aromatic carbocycles. The van der Waals surface area contributed by atoms with Gasteiger partial charge in [-0.3, -0.25) is 0 Å². The van der Waals surface area contributed by atoms with Crippen LogP contribution in [0.5, 0.6) is 0 Å². The van der Waals surface area contributed by atoms with Gasteiger partial charge < -0.3 is 34.5 Å². The highest BCUT2D eigenvalue weighted by molar-refractivity contribution is 5.17. The SMILES string of the molecule is NCCCCCOC1OC2COC(c3ccccc3)OC2C(O)C1OCc1ccccc1. The molecule has 2 aliphatic heterocycles. The summed E-state index contributed by atoms with van der Waals surface area (Å²) in [5.74, 6) is 0. The average Bonchev–Trinajstić information content (AvgIpc) is 2.84. The van der Waals surface area contributed by atoms with Gasteiger partial charge in [-0.25, -0.2) is 0 Å². The number of unbranched alkanes of at least 4 members (excludes halogenated alkanes) is 2. The Kier molecular flexibility index (Phi) is 8.64. The van der Waals surface area contributed by atoms with Crippen LogP contribution in [-0.4, -0.2) is 55.6 Å². The summed E-state index contributed by atoms with van der Waals surface area (Å²) >= 11 is 0. The van der Waals surface area contributed by atoms with E-state index in [-0.39, 0.29) is 0 Å². The quantitative estimate of drug-likeness (QED) is 0.546. The minimum absolute atomic E-state index is 0.305.